The minimum atomic E-state index is -0.00298. The van der Waals surface area contributed by atoms with Crippen LogP contribution in [0.4, 0.5) is 5.82 Å². The lowest BCUT2D eigenvalue weighted by Gasteiger charge is -2.37. The summed E-state index contributed by atoms with van der Waals surface area (Å²) in [5.41, 5.74) is 0.484. The zero-order chi connectivity index (χ0) is 20.4. The van der Waals surface area contributed by atoms with Crippen molar-refractivity contribution in [2.75, 3.05) is 38.1 Å². The SMILES string of the molecule is CC(C)N1CCN(c2nnc(C(=O)N(C)C3CCCCC3)c3ccccc23)CC1. The molecule has 4 rings (SSSR count). The summed E-state index contributed by atoms with van der Waals surface area (Å²) in [4.78, 5) is 20.0. The first-order chi connectivity index (χ1) is 14.1. The van der Waals surface area contributed by atoms with Crippen LogP contribution in [0.2, 0.25) is 0 Å². The van der Waals surface area contributed by atoms with E-state index in [9.17, 15) is 4.79 Å². The number of benzene rings is 1. The van der Waals surface area contributed by atoms with Crippen molar-refractivity contribution in [3.05, 3.63) is 30.0 Å². The van der Waals surface area contributed by atoms with Crippen LogP contribution in [-0.4, -0.2) is 71.2 Å². The second-order valence-electron chi connectivity index (χ2n) is 8.74. The third-order valence-electron chi connectivity index (χ3n) is 6.66. The van der Waals surface area contributed by atoms with E-state index in [1.807, 2.05) is 30.1 Å². The lowest BCUT2D eigenvalue weighted by Crippen LogP contribution is -2.49. The van der Waals surface area contributed by atoms with E-state index < -0.39 is 0 Å². The first-order valence-corrected chi connectivity index (χ1v) is 11.1. The van der Waals surface area contributed by atoms with Crippen molar-refractivity contribution in [3.8, 4) is 0 Å². The number of nitrogens with zero attached hydrogens (tertiary/aromatic N) is 5. The molecule has 0 bridgehead atoms. The number of aromatic nitrogens is 2. The Kier molecular flexibility index (Phi) is 5.99. The van der Waals surface area contributed by atoms with Crippen molar-refractivity contribution in [2.24, 2.45) is 0 Å². The lowest BCUT2D eigenvalue weighted by molar-refractivity contribution is 0.0691. The van der Waals surface area contributed by atoms with Crippen LogP contribution in [-0.2, 0) is 0 Å². The van der Waals surface area contributed by atoms with Gasteiger partial charge in [-0.2, -0.15) is 0 Å². The lowest BCUT2D eigenvalue weighted by atomic mass is 9.94. The average Bonchev–Trinajstić information content (AvgIpc) is 2.78. The number of carbonyl (C=O) groups is 1. The highest BCUT2D eigenvalue weighted by molar-refractivity contribution is 6.07. The first kappa shape index (κ1) is 20.1. The van der Waals surface area contributed by atoms with Crippen molar-refractivity contribution < 1.29 is 4.79 Å². The van der Waals surface area contributed by atoms with E-state index in [0.29, 0.717) is 17.8 Å². The van der Waals surface area contributed by atoms with Crippen LogP contribution in [0.15, 0.2) is 24.3 Å². The molecular formula is C23H33N5O. The Morgan fingerprint density at radius 3 is 2.31 bits per heavy atom. The van der Waals surface area contributed by atoms with Crippen LogP contribution in [0.25, 0.3) is 10.8 Å². The summed E-state index contributed by atoms with van der Waals surface area (Å²) in [6.07, 6.45) is 5.86. The number of anilines is 1. The zero-order valence-electron chi connectivity index (χ0n) is 18.0. The Morgan fingerprint density at radius 1 is 1.00 bits per heavy atom. The van der Waals surface area contributed by atoms with Crippen LogP contribution in [0, 0.1) is 0 Å². The number of rotatable bonds is 4. The molecule has 2 heterocycles. The quantitative estimate of drug-likeness (QED) is 0.792. The summed E-state index contributed by atoms with van der Waals surface area (Å²) in [6, 6.07) is 8.99. The summed E-state index contributed by atoms with van der Waals surface area (Å²) in [5.74, 6) is 0.901. The van der Waals surface area contributed by atoms with Crippen LogP contribution < -0.4 is 4.90 Å². The van der Waals surface area contributed by atoms with Crippen molar-refractivity contribution >= 4 is 22.5 Å². The van der Waals surface area contributed by atoms with Crippen LogP contribution in [0.5, 0.6) is 0 Å². The molecule has 6 nitrogen and oxygen atoms in total. The first-order valence-electron chi connectivity index (χ1n) is 11.1. The van der Waals surface area contributed by atoms with Gasteiger partial charge in [-0.05, 0) is 26.7 Å². The van der Waals surface area contributed by atoms with Gasteiger partial charge in [0.2, 0.25) is 0 Å². The van der Waals surface area contributed by atoms with Crippen LogP contribution in [0.3, 0.4) is 0 Å². The smallest absolute Gasteiger partial charge is 0.275 e. The van der Waals surface area contributed by atoms with E-state index in [-0.39, 0.29) is 5.91 Å². The van der Waals surface area contributed by atoms with Crippen LogP contribution in [0.1, 0.15) is 56.4 Å². The minimum absolute atomic E-state index is 0.00298. The van der Waals surface area contributed by atoms with Crippen LogP contribution >= 0.6 is 0 Å². The Hall–Kier alpha value is -2.21. The standard InChI is InChI=1S/C23H33N5O/c1-17(2)27-13-15-28(16-14-27)22-20-12-8-7-11-19(20)21(24-25-22)23(29)26(3)18-9-5-4-6-10-18/h7-8,11-12,17-18H,4-6,9-10,13-16H2,1-3H3. The molecule has 1 saturated heterocycles. The van der Waals surface area contributed by atoms with Crippen molar-refractivity contribution in [2.45, 2.75) is 58.0 Å². The molecule has 1 aliphatic heterocycles. The van der Waals surface area contributed by atoms with Gasteiger partial charge in [-0.25, -0.2) is 0 Å². The molecule has 1 saturated carbocycles. The normalized spacial score (nSPS) is 19.1. The highest BCUT2D eigenvalue weighted by Crippen LogP contribution is 2.29. The van der Waals surface area contributed by atoms with Gasteiger partial charge in [-0.15, -0.1) is 10.2 Å². The summed E-state index contributed by atoms with van der Waals surface area (Å²) in [5, 5.41) is 11.0. The monoisotopic (exact) mass is 395 g/mol. The predicted molar refractivity (Wildman–Crippen MR) is 117 cm³/mol. The highest BCUT2D eigenvalue weighted by atomic mass is 16.2. The van der Waals surface area contributed by atoms with E-state index in [4.69, 9.17) is 0 Å². The number of fused-ring (bicyclic) bond motifs is 1. The Labute approximate surface area is 173 Å². The fraction of sp³-hybridized carbons (Fsp3) is 0.609. The Balaban J connectivity index is 1.61. The topological polar surface area (TPSA) is 52.6 Å². The number of carbonyl (C=O) groups excluding carboxylic acids is 1. The third kappa shape index (κ3) is 4.08. The summed E-state index contributed by atoms with van der Waals surface area (Å²) in [7, 11) is 1.92. The van der Waals surface area contributed by atoms with Gasteiger partial charge in [0.15, 0.2) is 11.5 Å². The Bertz CT molecular complexity index is 853. The van der Waals surface area contributed by atoms with Gasteiger partial charge in [0, 0.05) is 56.1 Å². The molecule has 0 unspecified atom stereocenters. The molecule has 1 amide bonds. The maximum absolute atomic E-state index is 13.3. The molecule has 2 fully saturated rings. The van der Waals surface area contributed by atoms with Gasteiger partial charge in [0.1, 0.15) is 0 Å². The number of amides is 1. The van der Waals surface area contributed by atoms with E-state index in [1.54, 1.807) is 0 Å². The second kappa shape index (κ2) is 8.66. The van der Waals surface area contributed by atoms with Gasteiger partial charge in [0.05, 0.1) is 0 Å². The van der Waals surface area contributed by atoms with Crippen molar-refractivity contribution in [3.63, 3.8) is 0 Å². The van der Waals surface area contributed by atoms with E-state index in [0.717, 1.165) is 55.6 Å². The highest BCUT2D eigenvalue weighted by Gasteiger charge is 2.27. The molecule has 6 heteroatoms. The molecule has 156 valence electrons. The summed E-state index contributed by atoms with van der Waals surface area (Å²) < 4.78 is 0. The number of hydrogen-bond acceptors (Lipinski definition) is 5. The molecule has 1 aromatic heterocycles. The molecule has 0 atom stereocenters. The maximum atomic E-state index is 13.3. The third-order valence-corrected chi connectivity index (χ3v) is 6.66. The zero-order valence-corrected chi connectivity index (χ0v) is 18.0. The van der Waals surface area contributed by atoms with Gasteiger partial charge in [0.25, 0.3) is 5.91 Å². The molecule has 0 spiro atoms. The van der Waals surface area contributed by atoms with Gasteiger partial charge in [-0.1, -0.05) is 43.5 Å². The molecule has 0 N–H and O–H groups in total. The summed E-state index contributed by atoms with van der Waals surface area (Å²) >= 11 is 0. The fourth-order valence-corrected chi connectivity index (χ4v) is 4.73. The maximum Gasteiger partial charge on any atom is 0.275 e. The van der Waals surface area contributed by atoms with Crippen molar-refractivity contribution in [1.82, 2.24) is 20.0 Å². The summed E-state index contributed by atoms with van der Waals surface area (Å²) in [6.45, 7) is 8.41. The molecular weight excluding hydrogens is 362 g/mol. The molecule has 1 aliphatic carbocycles. The van der Waals surface area contributed by atoms with E-state index >= 15 is 0 Å². The molecule has 29 heavy (non-hydrogen) atoms. The number of hydrogen-bond donors (Lipinski definition) is 0. The predicted octanol–water partition coefficient (Wildman–Crippen LogP) is 3.56. The van der Waals surface area contributed by atoms with E-state index in [1.165, 1.54) is 19.3 Å². The largest absolute Gasteiger partial charge is 0.352 e. The molecule has 2 aliphatic rings. The minimum Gasteiger partial charge on any atom is -0.352 e. The second-order valence-corrected chi connectivity index (χ2v) is 8.74. The molecule has 0 radical (unpaired) electrons. The van der Waals surface area contributed by atoms with Gasteiger partial charge < -0.3 is 9.80 Å². The Morgan fingerprint density at radius 2 is 1.66 bits per heavy atom. The number of piperazine rings is 1. The fourth-order valence-electron chi connectivity index (χ4n) is 4.73. The molecule has 2 aromatic rings. The van der Waals surface area contributed by atoms with E-state index in [2.05, 4.69) is 39.9 Å². The van der Waals surface area contributed by atoms with Crippen molar-refractivity contribution in [1.29, 1.82) is 0 Å². The molecule has 1 aromatic carbocycles. The van der Waals surface area contributed by atoms with Gasteiger partial charge >= 0.3 is 0 Å². The average molecular weight is 396 g/mol. The van der Waals surface area contributed by atoms with Gasteiger partial charge in [-0.3, -0.25) is 9.69 Å².